The molecule has 0 bridgehead atoms. The molecule has 2 fully saturated rings. The van der Waals surface area contributed by atoms with E-state index in [1.807, 2.05) is 26.0 Å². The van der Waals surface area contributed by atoms with Gasteiger partial charge in [-0.3, -0.25) is 9.59 Å². The molecule has 6 nitrogen and oxygen atoms in total. The van der Waals surface area contributed by atoms with Crippen LogP contribution in [0.3, 0.4) is 0 Å². The lowest BCUT2D eigenvalue weighted by molar-refractivity contribution is -0.105. The number of amides is 1. The molecule has 1 spiro atoms. The first-order chi connectivity index (χ1) is 12.9. The normalized spacial score (nSPS) is 19.2. The summed E-state index contributed by atoms with van der Waals surface area (Å²) in [7, 11) is 0. The van der Waals surface area contributed by atoms with Crippen LogP contribution in [-0.4, -0.2) is 54.2 Å². The second-order valence-corrected chi connectivity index (χ2v) is 7.62. The molecule has 28 heavy (non-hydrogen) atoms. The fourth-order valence-corrected chi connectivity index (χ4v) is 4.43. The molecule has 0 saturated carbocycles. The summed E-state index contributed by atoms with van der Waals surface area (Å²) in [6, 6.07) is 5.10. The molecular formula is C21H27ClN2O4. The number of hydrogen-bond donors (Lipinski definition) is 0. The van der Waals surface area contributed by atoms with Gasteiger partial charge >= 0.3 is 0 Å². The van der Waals surface area contributed by atoms with Crippen LogP contribution >= 0.6 is 12.4 Å². The summed E-state index contributed by atoms with van der Waals surface area (Å²) in [4.78, 5) is 30.0. The van der Waals surface area contributed by atoms with E-state index in [4.69, 9.17) is 9.15 Å². The van der Waals surface area contributed by atoms with Crippen molar-refractivity contribution in [1.82, 2.24) is 9.80 Å². The highest BCUT2D eigenvalue weighted by Gasteiger charge is 2.47. The standard InChI is InChI=1S/C21H26N2O4.ClH/c1-4-22-7-5-21(6-8-22)23(9-10-26-21)20(25)18-13-16(24)19-15(3)11-14(2)12-17(19)27-18;/h11-13H,4-10H2,1-3H3;1H. The Morgan fingerprint density at radius 2 is 1.86 bits per heavy atom. The molecule has 2 aliphatic heterocycles. The largest absolute Gasteiger partial charge is 0.451 e. The van der Waals surface area contributed by atoms with Crippen LogP contribution in [0.1, 0.15) is 41.4 Å². The van der Waals surface area contributed by atoms with Crippen LogP contribution in [0, 0.1) is 13.8 Å². The average molecular weight is 407 g/mol. The first kappa shape index (κ1) is 20.8. The van der Waals surface area contributed by atoms with Gasteiger partial charge in [-0.1, -0.05) is 13.0 Å². The number of fused-ring (bicyclic) bond motifs is 1. The Balaban J connectivity index is 0.00000225. The smallest absolute Gasteiger partial charge is 0.292 e. The van der Waals surface area contributed by atoms with Gasteiger partial charge in [0.2, 0.25) is 0 Å². The van der Waals surface area contributed by atoms with Crippen LogP contribution in [0.2, 0.25) is 0 Å². The van der Waals surface area contributed by atoms with E-state index in [-0.39, 0.29) is 29.5 Å². The first-order valence-electron chi connectivity index (χ1n) is 9.67. The van der Waals surface area contributed by atoms with Gasteiger partial charge in [0.25, 0.3) is 5.91 Å². The van der Waals surface area contributed by atoms with Crippen molar-refractivity contribution in [2.24, 2.45) is 0 Å². The van der Waals surface area contributed by atoms with Crippen LogP contribution in [-0.2, 0) is 4.74 Å². The minimum Gasteiger partial charge on any atom is -0.451 e. The number of rotatable bonds is 2. The molecule has 1 aromatic carbocycles. The number of carbonyl (C=O) groups is 1. The summed E-state index contributed by atoms with van der Waals surface area (Å²) in [5.74, 6) is -0.157. The highest BCUT2D eigenvalue weighted by atomic mass is 35.5. The highest BCUT2D eigenvalue weighted by molar-refractivity contribution is 5.94. The van der Waals surface area contributed by atoms with Crippen molar-refractivity contribution in [2.75, 3.05) is 32.8 Å². The third-order valence-corrected chi connectivity index (χ3v) is 5.89. The van der Waals surface area contributed by atoms with E-state index < -0.39 is 5.72 Å². The highest BCUT2D eigenvalue weighted by Crippen LogP contribution is 2.35. The van der Waals surface area contributed by atoms with E-state index in [0.717, 1.165) is 43.6 Å². The number of aryl methyl sites for hydroxylation is 2. The van der Waals surface area contributed by atoms with Gasteiger partial charge in [-0.15, -0.1) is 12.4 Å². The molecule has 0 aliphatic carbocycles. The molecule has 2 aliphatic rings. The zero-order valence-electron chi connectivity index (χ0n) is 16.6. The van der Waals surface area contributed by atoms with Crippen molar-refractivity contribution in [3.05, 3.63) is 45.3 Å². The fraction of sp³-hybridized carbons (Fsp3) is 0.524. The van der Waals surface area contributed by atoms with Gasteiger partial charge in [0, 0.05) is 38.5 Å². The second kappa shape index (κ2) is 7.85. The molecule has 152 valence electrons. The fourth-order valence-electron chi connectivity index (χ4n) is 4.43. The number of benzene rings is 1. The van der Waals surface area contributed by atoms with E-state index >= 15 is 0 Å². The zero-order valence-corrected chi connectivity index (χ0v) is 17.4. The topological polar surface area (TPSA) is 63.0 Å². The Hall–Kier alpha value is -1.89. The number of halogens is 1. The maximum Gasteiger partial charge on any atom is 0.292 e. The molecule has 4 rings (SSSR count). The van der Waals surface area contributed by atoms with Crippen molar-refractivity contribution in [3.8, 4) is 0 Å². The van der Waals surface area contributed by atoms with Gasteiger partial charge in [-0.2, -0.15) is 0 Å². The quantitative estimate of drug-likeness (QED) is 0.766. The minimum absolute atomic E-state index is 0. The van der Waals surface area contributed by atoms with Crippen molar-refractivity contribution in [2.45, 2.75) is 39.3 Å². The third-order valence-electron chi connectivity index (χ3n) is 5.89. The van der Waals surface area contributed by atoms with Gasteiger partial charge in [-0.05, 0) is 37.6 Å². The molecule has 3 heterocycles. The Labute approximate surface area is 170 Å². The number of ether oxygens (including phenoxy) is 1. The van der Waals surface area contributed by atoms with Crippen LogP contribution < -0.4 is 5.43 Å². The summed E-state index contributed by atoms with van der Waals surface area (Å²) < 4.78 is 11.9. The third kappa shape index (κ3) is 3.45. The van der Waals surface area contributed by atoms with E-state index in [1.165, 1.54) is 6.07 Å². The summed E-state index contributed by atoms with van der Waals surface area (Å²) >= 11 is 0. The predicted octanol–water partition coefficient (Wildman–Crippen LogP) is 3.12. The van der Waals surface area contributed by atoms with Crippen LogP contribution in [0.4, 0.5) is 0 Å². The molecule has 0 N–H and O–H groups in total. The Kier molecular flexibility index (Phi) is 5.84. The SMILES string of the molecule is CCN1CCC2(CC1)OCCN2C(=O)c1cc(=O)c2c(C)cc(C)cc2o1.Cl. The lowest BCUT2D eigenvalue weighted by Crippen LogP contribution is -2.54. The number of piperidine rings is 1. The van der Waals surface area contributed by atoms with Gasteiger partial charge in [0.05, 0.1) is 12.0 Å². The number of carbonyl (C=O) groups excluding carboxylic acids is 1. The summed E-state index contributed by atoms with van der Waals surface area (Å²) in [5.41, 5.74) is 1.59. The molecule has 2 saturated heterocycles. The van der Waals surface area contributed by atoms with E-state index in [2.05, 4.69) is 11.8 Å². The molecule has 1 amide bonds. The molecule has 7 heteroatoms. The Morgan fingerprint density at radius 3 is 2.54 bits per heavy atom. The molecule has 0 radical (unpaired) electrons. The Bertz CT molecular complexity index is 947. The van der Waals surface area contributed by atoms with E-state index in [1.54, 1.807) is 4.90 Å². The van der Waals surface area contributed by atoms with Crippen LogP contribution in [0.25, 0.3) is 11.0 Å². The van der Waals surface area contributed by atoms with E-state index in [9.17, 15) is 9.59 Å². The van der Waals surface area contributed by atoms with Crippen molar-refractivity contribution in [3.63, 3.8) is 0 Å². The van der Waals surface area contributed by atoms with Crippen LogP contribution in [0.5, 0.6) is 0 Å². The summed E-state index contributed by atoms with van der Waals surface area (Å²) in [5, 5.41) is 0.542. The molecule has 0 atom stereocenters. The van der Waals surface area contributed by atoms with E-state index in [0.29, 0.717) is 24.1 Å². The van der Waals surface area contributed by atoms with Gasteiger partial charge in [-0.25, -0.2) is 0 Å². The minimum atomic E-state index is -0.571. The summed E-state index contributed by atoms with van der Waals surface area (Å²) in [6.45, 7) is 9.84. The number of nitrogens with zero attached hydrogens (tertiary/aromatic N) is 2. The zero-order chi connectivity index (χ0) is 19.2. The number of likely N-dealkylation sites (tertiary alicyclic amines) is 1. The molecule has 1 aromatic heterocycles. The van der Waals surface area contributed by atoms with Crippen molar-refractivity contribution in [1.29, 1.82) is 0 Å². The van der Waals surface area contributed by atoms with Gasteiger partial charge < -0.3 is 19.0 Å². The summed E-state index contributed by atoms with van der Waals surface area (Å²) in [6.07, 6.45) is 1.56. The second-order valence-electron chi connectivity index (χ2n) is 7.62. The van der Waals surface area contributed by atoms with Gasteiger partial charge in [0.15, 0.2) is 11.2 Å². The monoisotopic (exact) mass is 406 g/mol. The molecule has 2 aromatic rings. The van der Waals surface area contributed by atoms with Crippen molar-refractivity contribution >= 4 is 29.3 Å². The van der Waals surface area contributed by atoms with Gasteiger partial charge in [0.1, 0.15) is 11.3 Å². The van der Waals surface area contributed by atoms with Crippen molar-refractivity contribution < 1.29 is 13.9 Å². The predicted molar refractivity (Wildman–Crippen MR) is 110 cm³/mol. The lowest BCUT2D eigenvalue weighted by atomic mass is 9.98. The molecule has 0 unspecified atom stereocenters. The maximum absolute atomic E-state index is 13.2. The maximum atomic E-state index is 13.2. The average Bonchev–Trinajstić information content (AvgIpc) is 3.03. The molecular weight excluding hydrogens is 380 g/mol. The lowest BCUT2D eigenvalue weighted by Gasteiger charge is -2.43. The van der Waals surface area contributed by atoms with Crippen LogP contribution in [0.15, 0.2) is 27.4 Å². The first-order valence-corrected chi connectivity index (χ1v) is 9.67. The Morgan fingerprint density at radius 1 is 1.14 bits per heavy atom. The number of hydrogen-bond acceptors (Lipinski definition) is 5.